The predicted octanol–water partition coefficient (Wildman–Crippen LogP) is 3.50. The number of aliphatic carboxylic acids is 1. The number of para-hydroxylation sites is 1. The monoisotopic (exact) mass is 241 g/mol. The van der Waals surface area contributed by atoms with Gasteiger partial charge >= 0.3 is 5.97 Å². The van der Waals surface area contributed by atoms with E-state index in [1.807, 2.05) is 48.6 Å². The number of fused-ring (bicyclic) bond motifs is 1. The van der Waals surface area contributed by atoms with Crippen molar-refractivity contribution in [2.75, 3.05) is 0 Å². The SMILES string of the molecule is O=C(O)CCCC=Cc1ccc2ccccc2n1. The van der Waals surface area contributed by atoms with Gasteiger partial charge in [0.1, 0.15) is 0 Å². The summed E-state index contributed by atoms with van der Waals surface area (Å²) in [7, 11) is 0. The van der Waals surface area contributed by atoms with Crippen molar-refractivity contribution in [2.45, 2.75) is 19.3 Å². The van der Waals surface area contributed by atoms with Gasteiger partial charge in [-0.1, -0.05) is 30.3 Å². The molecule has 0 atom stereocenters. The van der Waals surface area contributed by atoms with Crippen LogP contribution in [0.2, 0.25) is 0 Å². The summed E-state index contributed by atoms with van der Waals surface area (Å²) in [6.07, 6.45) is 5.56. The lowest BCUT2D eigenvalue weighted by Gasteiger charge is -1.98. The van der Waals surface area contributed by atoms with E-state index in [1.54, 1.807) is 0 Å². The normalized spacial score (nSPS) is 11.1. The Labute approximate surface area is 106 Å². The van der Waals surface area contributed by atoms with E-state index in [1.165, 1.54) is 0 Å². The molecule has 0 radical (unpaired) electrons. The first kappa shape index (κ1) is 12.3. The zero-order valence-electron chi connectivity index (χ0n) is 10.0. The van der Waals surface area contributed by atoms with Crippen LogP contribution in [0, 0.1) is 0 Å². The Morgan fingerprint density at radius 2 is 2.06 bits per heavy atom. The van der Waals surface area contributed by atoms with E-state index >= 15 is 0 Å². The van der Waals surface area contributed by atoms with Gasteiger partial charge in [0.25, 0.3) is 0 Å². The molecule has 0 unspecified atom stereocenters. The van der Waals surface area contributed by atoms with Gasteiger partial charge in [-0.2, -0.15) is 0 Å². The quantitative estimate of drug-likeness (QED) is 0.815. The minimum absolute atomic E-state index is 0.218. The van der Waals surface area contributed by atoms with E-state index in [0.717, 1.165) is 23.0 Å². The Hall–Kier alpha value is -2.16. The number of hydrogen-bond acceptors (Lipinski definition) is 2. The molecule has 92 valence electrons. The highest BCUT2D eigenvalue weighted by atomic mass is 16.4. The number of carboxylic acid groups (broad SMARTS) is 1. The largest absolute Gasteiger partial charge is 0.481 e. The average molecular weight is 241 g/mol. The van der Waals surface area contributed by atoms with Crippen molar-refractivity contribution in [3.05, 3.63) is 48.2 Å². The van der Waals surface area contributed by atoms with E-state index in [-0.39, 0.29) is 6.42 Å². The molecule has 1 N–H and O–H groups in total. The minimum Gasteiger partial charge on any atom is -0.481 e. The van der Waals surface area contributed by atoms with E-state index in [4.69, 9.17) is 5.11 Å². The van der Waals surface area contributed by atoms with Crippen molar-refractivity contribution < 1.29 is 9.90 Å². The molecule has 0 aliphatic rings. The average Bonchev–Trinajstić information content (AvgIpc) is 2.38. The van der Waals surface area contributed by atoms with Gasteiger partial charge < -0.3 is 5.11 Å². The second-order valence-corrected chi connectivity index (χ2v) is 4.12. The van der Waals surface area contributed by atoms with Crippen molar-refractivity contribution in [1.82, 2.24) is 4.98 Å². The molecule has 0 saturated heterocycles. The van der Waals surface area contributed by atoms with E-state index in [0.29, 0.717) is 6.42 Å². The second kappa shape index (κ2) is 5.96. The van der Waals surface area contributed by atoms with Gasteiger partial charge in [-0.15, -0.1) is 0 Å². The van der Waals surface area contributed by atoms with Crippen LogP contribution in [0.5, 0.6) is 0 Å². The van der Waals surface area contributed by atoms with E-state index in [9.17, 15) is 4.79 Å². The third-order valence-electron chi connectivity index (χ3n) is 2.67. The molecule has 0 amide bonds. The summed E-state index contributed by atoms with van der Waals surface area (Å²) in [5.74, 6) is -0.743. The number of nitrogens with zero attached hydrogens (tertiary/aromatic N) is 1. The molecule has 18 heavy (non-hydrogen) atoms. The van der Waals surface area contributed by atoms with Crippen LogP contribution in [-0.2, 0) is 4.79 Å². The Kier molecular flexibility index (Phi) is 4.07. The van der Waals surface area contributed by atoms with Gasteiger partial charge in [-0.25, -0.2) is 4.98 Å². The number of carbonyl (C=O) groups is 1. The molecular formula is C15H15NO2. The van der Waals surface area contributed by atoms with Crippen LogP contribution in [0.3, 0.4) is 0 Å². The fourth-order valence-corrected chi connectivity index (χ4v) is 1.75. The molecule has 0 aliphatic heterocycles. The van der Waals surface area contributed by atoms with Gasteiger partial charge in [-0.05, 0) is 31.1 Å². The molecular weight excluding hydrogens is 226 g/mol. The molecule has 3 nitrogen and oxygen atoms in total. The predicted molar refractivity (Wildman–Crippen MR) is 72.3 cm³/mol. The van der Waals surface area contributed by atoms with E-state index in [2.05, 4.69) is 4.98 Å². The Morgan fingerprint density at radius 1 is 1.22 bits per heavy atom. The van der Waals surface area contributed by atoms with Crippen molar-refractivity contribution in [2.24, 2.45) is 0 Å². The first-order valence-corrected chi connectivity index (χ1v) is 6.00. The van der Waals surface area contributed by atoms with Gasteiger partial charge in [0.2, 0.25) is 0 Å². The fraction of sp³-hybridized carbons (Fsp3) is 0.200. The summed E-state index contributed by atoms with van der Waals surface area (Å²) in [4.78, 5) is 14.8. The lowest BCUT2D eigenvalue weighted by molar-refractivity contribution is -0.137. The van der Waals surface area contributed by atoms with Crippen molar-refractivity contribution >= 4 is 22.9 Å². The summed E-state index contributed by atoms with van der Waals surface area (Å²) < 4.78 is 0. The highest BCUT2D eigenvalue weighted by molar-refractivity contribution is 5.79. The molecule has 0 aliphatic carbocycles. The van der Waals surface area contributed by atoms with Crippen LogP contribution in [0.15, 0.2) is 42.5 Å². The van der Waals surface area contributed by atoms with Gasteiger partial charge in [0.15, 0.2) is 0 Å². The lowest BCUT2D eigenvalue weighted by Crippen LogP contribution is -1.92. The number of carboxylic acids is 1. The van der Waals surface area contributed by atoms with Crippen LogP contribution < -0.4 is 0 Å². The number of aromatic nitrogens is 1. The zero-order valence-corrected chi connectivity index (χ0v) is 10.0. The van der Waals surface area contributed by atoms with Gasteiger partial charge in [0.05, 0.1) is 11.2 Å². The molecule has 0 fully saturated rings. The number of rotatable bonds is 5. The molecule has 2 aromatic rings. The van der Waals surface area contributed by atoms with Crippen LogP contribution in [0.4, 0.5) is 0 Å². The smallest absolute Gasteiger partial charge is 0.303 e. The third-order valence-corrected chi connectivity index (χ3v) is 2.67. The molecule has 2 rings (SSSR count). The standard InChI is InChI=1S/C15H15NO2/c17-15(18)9-3-1-2-7-13-11-10-12-6-4-5-8-14(12)16-13/h2,4-8,10-11H,1,3,9H2,(H,17,18). The molecule has 1 heterocycles. The number of pyridine rings is 1. The van der Waals surface area contributed by atoms with Gasteiger partial charge in [0, 0.05) is 11.8 Å². The second-order valence-electron chi connectivity index (χ2n) is 4.12. The van der Waals surface area contributed by atoms with Crippen LogP contribution in [-0.4, -0.2) is 16.1 Å². The maximum absolute atomic E-state index is 10.3. The Balaban J connectivity index is 1.99. The summed E-state index contributed by atoms with van der Waals surface area (Å²) >= 11 is 0. The molecule has 1 aromatic heterocycles. The summed E-state index contributed by atoms with van der Waals surface area (Å²) in [5, 5.41) is 9.64. The van der Waals surface area contributed by atoms with Crippen molar-refractivity contribution in [3.8, 4) is 0 Å². The zero-order chi connectivity index (χ0) is 12.8. The maximum atomic E-state index is 10.3. The number of unbranched alkanes of at least 4 members (excludes halogenated alkanes) is 1. The highest BCUT2D eigenvalue weighted by Crippen LogP contribution is 2.12. The lowest BCUT2D eigenvalue weighted by atomic mass is 10.2. The molecule has 0 saturated carbocycles. The Bertz CT molecular complexity index is 575. The number of hydrogen-bond donors (Lipinski definition) is 1. The molecule has 0 bridgehead atoms. The first-order valence-electron chi connectivity index (χ1n) is 6.00. The number of benzene rings is 1. The van der Waals surface area contributed by atoms with Crippen LogP contribution >= 0.6 is 0 Å². The van der Waals surface area contributed by atoms with Crippen molar-refractivity contribution in [1.29, 1.82) is 0 Å². The Morgan fingerprint density at radius 3 is 2.89 bits per heavy atom. The van der Waals surface area contributed by atoms with Crippen molar-refractivity contribution in [3.63, 3.8) is 0 Å². The topological polar surface area (TPSA) is 50.2 Å². The third kappa shape index (κ3) is 3.42. The maximum Gasteiger partial charge on any atom is 0.303 e. The molecule has 1 aromatic carbocycles. The summed E-state index contributed by atoms with van der Waals surface area (Å²) in [6.45, 7) is 0. The first-order chi connectivity index (χ1) is 8.75. The molecule has 0 spiro atoms. The summed E-state index contributed by atoms with van der Waals surface area (Å²) in [5.41, 5.74) is 1.88. The number of allylic oxidation sites excluding steroid dienone is 1. The van der Waals surface area contributed by atoms with Crippen LogP contribution in [0.25, 0.3) is 17.0 Å². The van der Waals surface area contributed by atoms with Crippen LogP contribution in [0.1, 0.15) is 25.0 Å². The summed E-state index contributed by atoms with van der Waals surface area (Å²) in [6, 6.07) is 12.0. The minimum atomic E-state index is -0.743. The van der Waals surface area contributed by atoms with Gasteiger partial charge in [-0.3, -0.25) is 4.79 Å². The van der Waals surface area contributed by atoms with E-state index < -0.39 is 5.97 Å². The highest BCUT2D eigenvalue weighted by Gasteiger charge is 1.95. The fourth-order valence-electron chi connectivity index (χ4n) is 1.75. The molecule has 3 heteroatoms.